The zero-order valence-electron chi connectivity index (χ0n) is 24.4. The highest BCUT2D eigenvalue weighted by atomic mass is 19.1. The number of phenols is 1. The van der Waals surface area contributed by atoms with Crippen molar-refractivity contribution in [2.75, 3.05) is 13.1 Å². The smallest absolute Gasteiger partial charge is 0.410 e. The number of aromatic amines is 1. The molecule has 0 saturated carbocycles. The third-order valence-electron chi connectivity index (χ3n) is 7.26. The monoisotopic (exact) mass is 570 g/mol. The number of phenolic OH excluding ortho intramolecular Hbond substituents is 1. The van der Waals surface area contributed by atoms with Gasteiger partial charge in [-0.2, -0.15) is 5.10 Å². The Kier molecular flexibility index (Phi) is 7.77. The Balaban J connectivity index is 1.25. The molecule has 0 bridgehead atoms. The molecule has 1 fully saturated rings. The number of halogens is 1. The van der Waals surface area contributed by atoms with Crippen LogP contribution in [0.1, 0.15) is 56.2 Å². The number of hydrogen-bond donors (Lipinski definition) is 2. The summed E-state index contributed by atoms with van der Waals surface area (Å²) in [6.07, 6.45) is 3.43. The summed E-state index contributed by atoms with van der Waals surface area (Å²) in [6.45, 7) is 10.2. The Bertz CT molecular complexity index is 1640. The minimum Gasteiger partial charge on any atom is -0.508 e. The van der Waals surface area contributed by atoms with Crippen molar-refractivity contribution in [3.63, 3.8) is 0 Å². The summed E-state index contributed by atoms with van der Waals surface area (Å²) in [5, 5.41) is 18.0. The van der Waals surface area contributed by atoms with Crippen LogP contribution in [0, 0.1) is 5.82 Å². The maximum absolute atomic E-state index is 14.3. The molecular formula is C33H35FN4O4. The van der Waals surface area contributed by atoms with Gasteiger partial charge in [-0.15, -0.1) is 0 Å². The van der Waals surface area contributed by atoms with Gasteiger partial charge in [0.05, 0.1) is 23.3 Å². The van der Waals surface area contributed by atoms with Crippen LogP contribution in [0.2, 0.25) is 0 Å². The van der Waals surface area contributed by atoms with Crippen molar-refractivity contribution in [1.29, 1.82) is 0 Å². The number of piperazine rings is 1. The lowest BCUT2D eigenvalue weighted by molar-refractivity contribution is -0.0129. The maximum atomic E-state index is 14.3. The molecule has 1 aliphatic heterocycles. The molecule has 1 aliphatic rings. The van der Waals surface area contributed by atoms with E-state index in [0.717, 1.165) is 22.2 Å². The van der Waals surface area contributed by atoms with Crippen molar-refractivity contribution < 1.29 is 23.8 Å². The van der Waals surface area contributed by atoms with Gasteiger partial charge in [-0.1, -0.05) is 24.3 Å². The molecule has 42 heavy (non-hydrogen) atoms. The molecule has 2 atom stereocenters. The number of fused-ring (bicyclic) bond motifs is 1. The highest BCUT2D eigenvalue weighted by Crippen LogP contribution is 2.30. The maximum Gasteiger partial charge on any atom is 0.410 e. The Labute approximate surface area is 244 Å². The van der Waals surface area contributed by atoms with Crippen molar-refractivity contribution in [1.82, 2.24) is 20.0 Å². The first-order valence-electron chi connectivity index (χ1n) is 14.0. The number of hydrogen-bond acceptors (Lipinski definition) is 5. The number of aromatic nitrogens is 2. The van der Waals surface area contributed by atoms with E-state index in [2.05, 4.69) is 10.2 Å². The van der Waals surface area contributed by atoms with Gasteiger partial charge in [-0.25, -0.2) is 9.18 Å². The minimum atomic E-state index is -0.581. The number of carbonyl (C=O) groups is 2. The molecule has 9 heteroatoms. The van der Waals surface area contributed by atoms with Crippen LogP contribution in [0.4, 0.5) is 9.18 Å². The Morgan fingerprint density at radius 1 is 1.00 bits per heavy atom. The molecule has 3 aromatic carbocycles. The number of H-pyrrole nitrogens is 1. The number of nitrogens with zero attached hydrogens (tertiary/aromatic N) is 3. The largest absolute Gasteiger partial charge is 0.508 e. The number of carbonyl (C=O) groups excluding carboxylic acids is 2. The first kappa shape index (κ1) is 28.9. The first-order chi connectivity index (χ1) is 19.9. The van der Waals surface area contributed by atoms with Gasteiger partial charge < -0.3 is 14.7 Å². The van der Waals surface area contributed by atoms with E-state index in [1.54, 1.807) is 34.1 Å². The quantitative estimate of drug-likeness (QED) is 0.284. The fourth-order valence-electron chi connectivity index (χ4n) is 5.33. The van der Waals surface area contributed by atoms with Gasteiger partial charge in [-0.3, -0.25) is 14.8 Å². The lowest BCUT2D eigenvalue weighted by atomic mass is 10.0. The molecule has 2 heterocycles. The molecule has 8 nitrogen and oxygen atoms in total. The van der Waals surface area contributed by atoms with Crippen LogP contribution in [0.3, 0.4) is 0 Å². The van der Waals surface area contributed by atoms with Crippen molar-refractivity contribution in [2.45, 2.75) is 52.3 Å². The highest BCUT2D eigenvalue weighted by molar-refractivity contribution is 5.95. The molecule has 0 unspecified atom stereocenters. The zero-order chi connectivity index (χ0) is 30.2. The van der Waals surface area contributed by atoms with Crippen LogP contribution < -0.4 is 0 Å². The van der Waals surface area contributed by atoms with E-state index >= 15 is 0 Å². The van der Waals surface area contributed by atoms with Gasteiger partial charge in [0.1, 0.15) is 17.2 Å². The van der Waals surface area contributed by atoms with Crippen molar-refractivity contribution in [3.8, 4) is 16.9 Å². The molecule has 2 N–H and O–H groups in total. The van der Waals surface area contributed by atoms with E-state index in [4.69, 9.17) is 4.74 Å². The molecular weight excluding hydrogens is 535 g/mol. The zero-order valence-corrected chi connectivity index (χ0v) is 24.4. The van der Waals surface area contributed by atoms with E-state index in [1.807, 2.05) is 65.0 Å². The second kappa shape index (κ2) is 11.3. The number of benzene rings is 3. The summed E-state index contributed by atoms with van der Waals surface area (Å²) in [5.41, 5.74) is 3.30. The molecule has 0 spiro atoms. The predicted molar refractivity (Wildman–Crippen MR) is 161 cm³/mol. The summed E-state index contributed by atoms with van der Waals surface area (Å²) in [4.78, 5) is 29.5. The molecule has 5 rings (SSSR count). The molecule has 218 valence electrons. The first-order valence-corrected chi connectivity index (χ1v) is 14.0. The standard InChI is InChI=1S/C33H35FN4O4/c1-20-18-37(19-21(2)38(20)32(41)42-33(3,4)5)31(40)23-9-6-22(7-10-23)8-15-29-26-13-11-24(16-30(26)36-35-29)27-17-25(39)12-14-28(27)34/h6-17,20-21,39H,18-19H2,1-5H3,(H,35,36)/b15-8+/t20-,21+. The fourth-order valence-corrected chi connectivity index (χ4v) is 5.33. The number of amides is 2. The lowest BCUT2D eigenvalue weighted by Crippen LogP contribution is -2.60. The summed E-state index contributed by atoms with van der Waals surface area (Å²) in [5.74, 6) is -0.497. The Hall–Kier alpha value is -4.66. The lowest BCUT2D eigenvalue weighted by Gasteiger charge is -2.44. The van der Waals surface area contributed by atoms with Crippen LogP contribution in [0.25, 0.3) is 34.2 Å². The Morgan fingerprint density at radius 3 is 2.36 bits per heavy atom. The molecule has 1 saturated heterocycles. The summed E-state index contributed by atoms with van der Waals surface area (Å²) < 4.78 is 19.9. The molecule has 2 amide bonds. The van der Waals surface area contributed by atoms with Crippen LogP contribution in [-0.2, 0) is 4.74 Å². The molecule has 4 aromatic rings. The average Bonchev–Trinajstić information content (AvgIpc) is 3.34. The normalized spacial score (nSPS) is 17.7. The van der Waals surface area contributed by atoms with Gasteiger partial charge in [0.25, 0.3) is 5.91 Å². The van der Waals surface area contributed by atoms with Crippen LogP contribution in [0.15, 0.2) is 60.7 Å². The fraction of sp³-hybridized carbons (Fsp3) is 0.303. The van der Waals surface area contributed by atoms with Crippen molar-refractivity contribution in [2.24, 2.45) is 0 Å². The highest BCUT2D eigenvalue weighted by Gasteiger charge is 2.37. The summed E-state index contributed by atoms with van der Waals surface area (Å²) in [7, 11) is 0. The summed E-state index contributed by atoms with van der Waals surface area (Å²) >= 11 is 0. The molecule has 1 aromatic heterocycles. The van der Waals surface area contributed by atoms with Gasteiger partial charge in [0, 0.05) is 29.6 Å². The van der Waals surface area contributed by atoms with Gasteiger partial charge in [-0.05, 0) is 94.3 Å². The number of ether oxygens (including phenoxy) is 1. The average molecular weight is 571 g/mol. The second-order valence-electron chi connectivity index (χ2n) is 11.8. The van der Waals surface area contributed by atoms with Gasteiger partial charge in [0.15, 0.2) is 0 Å². The number of aromatic hydroxyl groups is 1. The van der Waals surface area contributed by atoms with Crippen molar-refractivity contribution in [3.05, 3.63) is 83.3 Å². The Morgan fingerprint density at radius 2 is 1.69 bits per heavy atom. The van der Waals surface area contributed by atoms with E-state index in [0.29, 0.717) is 29.8 Å². The van der Waals surface area contributed by atoms with E-state index in [-0.39, 0.29) is 29.8 Å². The summed E-state index contributed by atoms with van der Waals surface area (Å²) in [6, 6.07) is 16.4. The van der Waals surface area contributed by atoms with Crippen LogP contribution >= 0.6 is 0 Å². The van der Waals surface area contributed by atoms with Crippen LogP contribution in [0.5, 0.6) is 5.75 Å². The van der Waals surface area contributed by atoms with E-state index in [9.17, 15) is 19.1 Å². The third kappa shape index (κ3) is 6.15. The van der Waals surface area contributed by atoms with E-state index in [1.165, 1.54) is 18.2 Å². The minimum absolute atomic E-state index is 0.00247. The van der Waals surface area contributed by atoms with Gasteiger partial charge in [0.2, 0.25) is 0 Å². The topological polar surface area (TPSA) is 98.8 Å². The predicted octanol–water partition coefficient (Wildman–Crippen LogP) is 6.71. The number of rotatable bonds is 4. The van der Waals surface area contributed by atoms with Crippen molar-refractivity contribution >= 4 is 35.1 Å². The molecule has 0 radical (unpaired) electrons. The second-order valence-corrected chi connectivity index (χ2v) is 11.8. The van der Waals surface area contributed by atoms with Crippen LogP contribution in [-0.4, -0.2) is 67.9 Å². The molecule has 0 aliphatic carbocycles. The van der Waals surface area contributed by atoms with Gasteiger partial charge >= 0.3 is 6.09 Å². The number of nitrogens with one attached hydrogen (secondary N) is 1. The van der Waals surface area contributed by atoms with E-state index < -0.39 is 11.4 Å². The SMILES string of the molecule is C[C@@H]1CN(C(=O)c2ccc(/C=C/c3n[nH]c4cc(-c5cc(O)ccc5F)ccc34)cc2)C[C@H](C)N1C(=O)OC(C)(C)C. The third-order valence-corrected chi connectivity index (χ3v) is 7.26.